The molecule has 23 heavy (non-hydrogen) atoms. The fraction of sp³-hybridized carbons (Fsp3) is 0.357. The van der Waals surface area contributed by atoms with E-state index in [9.17, 15) is 13.2 Å². The van der Waals surface area contributed by atoms with E-state index in [0.29, 0.717) is 11.4 Å². The summed E-state index contributed by atoms with van der Waals surface area (Å²) in [5, 5.41) is 4.28. The molecule has 0 fully saturated rings. The summed E-state index contributed by atoms with van der Waals surface area (Å²) in [5.74, 6) is 1.44. The number of nitrogens with zero attached hydrogens (tertiary/aromatic N) is 4. The SMILES string of the molecule is CCc1nc(N(C)Cc2nc(C(F)(F)F)cs2)c2ccsc2n1. The fourth-order valence-corrected chi connectivity index (χ4v) is 3.75. The van der Waals surface area contributed by atoms with Crippen LogP contribution in [0.5, 0.6) is 0 Å². The second-order valence-electron chi connectivity index (χ2n) is 4.94. The van der Waals surface area contributed by atoms with E-state index in [-0.39, 0.29) is 6.54 Å². The zero-order chi connectivity index (χ0) is 16.6. The maximum absolute atomic E-state index is 12.6. The van der Waals surface area contributed by atoms with Gasteiger partial charge in [-0.1, -0.05) is 6.92 Å². The number of hydrogen-bond acceptors (Lipinski definition) is 6. The monoisotopic (exact) mass is 358 g/mol. The molecule has 0 saturated carbocycles. The van der Waals surface area contributed by atoms with Crippen molar-refractivity contribution in [2.75, 3.05) is 11.9 Å². The minimum Gasteiger partial charge on any atom is -0.352 e. The summed E-state index contributed by atoms with van der Waals surface area (Å²) < 4.78 is 37.9. The highest BCUT2D eigenvalue weighted by atomic mass is 32.1. The number of aromatic nitrogens is 3. The summed E-state index contributed by atoms with van der Waals surface area (Å²) in [6, 6.07) is 1.92. The van der Waals surface area contributed by atoms with Gasteiger partial charge < -0.3 is 4.90 Å². The van der Waals surface area contributed by atoms with Crippen molar-refractivity contribution in [1.29, 1.82) is 0 Å². The van der Waals surface area contributed by atoms with Crippen molar-refractivity contribution >= 4 is 38.7 Å². The Balaban J connectivity index is 1.90. The summed E-state index contributed by atoms with van der Waals surface area (Å²) in [7, 11) is 1.80. The number of aryl methyl sites for hydroxylation is 1. The molecular weight excluding hydrogens is 345 g/mol. The van der Waals surface area contributed by atoms with Crippen molar-refractivity contribution in [3.05, 3.63) is 33.4 Å². The van der Waals surface area contributed by atoms with E-state index < -0.39 is 11.9 Å². The Morgan fingerprint density at radius 2 is 1.96 bits per heavy atom. The number of halogens is 3. The fourth-order valence-electron chi connectivity index (χ4n) is 2.12. The van der Waals surface area contributed by atoms with Gasteiger partial charge in [0.15, 0.2) is 5.69 Å². The van der Waals surface area contributed by atoms with Gasteiger partial charge in [0.2, 0.25) is 0 Å². The molecule has 0 radical (unpaired) electrons. The van der Waals surface area contributed by atoms with Crippen LogP contribution in [0, 0.1) is 0 Å². The van der Waals surface area contributed by atoms with E-state index in [1.807, 2.05) is 23.3 Å². The third-order valence-corrected chi connectivity index (χ3v) is 4.88. The maximum atomic E-state index is 12.6. The summed E-state index contributed by atoms with van der Waals surface area (Å²) in [6.45, 7) is 2.24. The predicted octanol–water partition coefficient (Wildman–Crippen LogP) is 4.37. The zero-order valence-electron chi connectivity index (χ0n) is 12.4. The third-order valence-electron chi connectivity index (χ3n) is 3.24. The molecule has 4 nitrogen and oxygen atoms in total. The quantitative estimate of drug-likeness (QED) is 0.695. The number of thiazole rings is 1. The molecule has 0 aliphatic heterocycles. The molecule has 0 saturated heterocycles. The minimum absolute atomic E-state index is 0.270. The van der Waals surface area contributed by atoms with Crippen LogP contribution < -0.4 is 4.90 Å². The van der Waals surface area contributed by atoms with E-state index in [2.05, 4.69) is 15.0 Å². The van der Waals surface area contributed by atoms with Gasteiger partial charge in [-0.2, -0.15) is 13.2 Å². The van der Waals surface area contributed by atoms with Gasteiger partial charge in [0.1, 0.15) is 21.5 Å². The third kappa shape index (κ3) is 3.30. The molecule has 0 bridgehead atoms. The maximum Gasteiger partial charge on any atom is 0.434 e. The lowest BCUT2D eigenvalue weighted by Crippen LogP contribution is -2.19. The van der Waals surface area contributed by atoms with Crippen LogP contribution >= 0.6 is 22.7 Å². The van der Waals surface area contributed by atoms with Crippen LogP contribution in [0.4, 0.5) is 19.0 Å². The highest BCUT2D eigenvalue weighted by molar-refractivity contribution is 7.16. The van der Waals surface area contributed by atoms with Crippen LogP contribution in [-0.4, -0.2) is 22.0 Å². The average Bonchev–Trinajstić information content (AvgIpc) is 3.13. The van der Waals surface area contributed by atoms with Crippen molar-refractivity contribution in [1.82, 2.24) is 15.0 Å². The standard InChI is InChI=1S/C14H13F3N4S2/c1-3-10-19-12(8-4-5-22-13(8)20-10)21(2)6-11-18-9(7-23-11)14(15,16)17/h4-5,7H,3,6H2,1-2H3. The minimum atomic E-state index is -4.40. The zero-order valence-corrected chi connectivity index (χ0v) is 14.0. The molecule has 0 aliphatic rings. The van der Waals surface area contributed by atoms with Crippen LogP contribution in [0.1, 0.15) is 23.4 Å². The highest BCUT2D eigenvalue weighted by Gasteiger charge is 2.33. The van der Waals surface area contributed by atoms with Crippen molar-refractivity contribution < 1.29 is 13.2 Å². The predicted molar refractivity (Wildman–Crippen MR) is 86.0 cm³/mol. The summed E-state index contributed by atoms with van der Waals surface area (Å²) in [5.41, 5.74) is -0.844. The molecule has 3 rings (SSSR count). The molecule has 3 aromatic rings. The molecular formula is C14H13F3N4S2. The second kappa shape index (κ2) is 6.04. The molecule has 0 atom stereocenters. The number of thiophene rings is 1. The molecule has 0 unspecified atom stereocenters. The van der Waals surface area contributed by atoms with Gasteiger partial charge in [-0.25, -0.2) is 15.0 Å². The molecule has 3 aromatic heterocycles. The topological polar surface area (TPSA) is 41.9 Å². The van der Waals surface area contributed by atoms with Gasteiger partial charge in [-0.15, -0.1) is 22.7 Å². The van der Waals surface area contributed by atoms with Gasteiger partial charge >= 0.3 is 6.18 Å². The lowest BCUT2D eigenvalue weighted by atomic mass is 10.3. The lowest BCUT2D eigenvalue weighted by molar-refractivity contribution is -0.140. The number of fused-ring (bicyclic) bond motifs is 1. The van der Waals surface area contributed by atoms with Gasteiger partial charge in [0.25, 0.3) is 0 Å². The molecule has 122 valence electrons. The Labute approximate surface area is 138 Å². The highest BCUT2D eigenvalue weighted by Crippen LogP contribution is 2.32. The summed E-state index contributed by atoms with van der Waals surface area (Å²) >= 11 is 2.53. The van der Waals surface area contributed by atoms with Crippen LogP contribution in [-0.2, 0) is 19.1 Å². The molecule has 0 aliphatic carbocycles. The normalized spacial score (nSPS) is 12.0. The van der Waals surface area contributed by atoms with E-state index in [4.69, 9.17) is 0 Å². The smallest absolute Gasteiger partial charge is 0.352 e. The average molecular weight is 358 g/mol. The summed E-state index contributed by atoms with van der Waals surface area (Å²) in [4.78, 5) is 15.3. The van der Waals surface area contributed by atoms with E-state index in [0.717, 1.165) is 38.6 Å². The molecule has 0 N–H and O–H groups in total. The van der Waals surface area contributed by atoms with Gasteiger partial charge in [0.05, 0.1) is 11.9 Å². The van der Waals surface area contributed by atoms with Crippen molar-refractivity contribution in [2.24, 2.45) is 0 Å². The van der Waals surface area contributed by atoms with Gasteiger partial charge in [-0.05, 0) is 11.4 Å². The second-order valence-corrected chi connectivity index (χ2v) is 6.77. The van der Waals surface area contributed by atoms with Crippen LogP contribution in [0.25, 0.3) is 10.2 Å². The Hall–Kier alpha value is -1.74. The molecule has 0 spiro atoms. The van der Waals surface area contributed by atoms with Crippen molar-refractivity contribution in [3.63, 3.8) is 0 Å². The lowest BCUT2D eigenvalue weighted by Gasteiger charge is -2.18. The number of anilines is 1. The van der Waals surface area contributed by atoms with E-state index in [1.54, 1.807) is 7.05 Å². The number of rotatable bonds is 4. The number of alkyl halides is 3. The first-order valence-electron chi connectivity index (χ1n) is 6.85. The summed E-state index contributed by atoms with van der Waals surface area (Å²) in [6.07, 6.45) is -3.71. The molecule has 0 aromatic carbocycles. The molecule has 3 heterocycles. The largest absolute Gasteiger partial charge is 0.434 e. The van der Waals surface area contributed by atoms with Crippen LogP contribution in [0.2, 0.25) is 0 Å². The Morgan fingerprint density at radius 3 is 2.61 bits per heavy atom. The van der Waals surface area contributed by atoms with E-state index in [1.165, 1.54) is 11.3 Å². The number of hydrogen-bond donors (Lipinski definition) is 0. The van der Waals surface area contributed by atoms with Gasteiger partial charge in [0, 0.05) is 18.8 Å². The van der Waals surface area contributed by atoms with Crippen LogP contribution in [0.3, 0.4) is 0 Å². The first-order chi connectivity index (χ1) is 10.9. The van der Waals surface area contributed by atoms with E-state index >= 15 is 0 Å². The first kappa shape index (κ1) is 16.1. The van der Waals surface area contributed by atoms with Gasteiger partial charge in [-0.3, -0.25) is 0 Å². The Morgan fingerprint density at radius 1 is 1.17 bits per heavy atom. The van der Waals surface area contributed by atoms with Crippen LogP contribution in [0.15, 0.2) is 16.8 Å². The van der Waals surface area contributed by atoms with Crippen molar-refractivity contribution in [3.8, 4) is 0 Å². The Kier molecular flexibility index (Phi) is 4.24. The van der Waals surface area contributed by atoms with Crippen molar-refractivity contribution in [2.45, 2.75) is 26.1 Å². The Bertz CT molecular complexity index is 825. The molecule has 0 amide bonds. The first-order valence-corrected chi connectivity index (χ1v) is 8.61. The molecule has 9 heteroatoms.